The summed E-state index contributed by atoms with van der Waals surface area (Å²) in [6, 6.07) is 8.07. The van der Waals surface area contributed by atoms with E-state index in [-0.39, 0.29) is 12.0 Å². The van der Waals surface area contributed by atoms with Crippen molar-refractivity contribution in [3.8, 4) is 5.75 Å². The quantitative estimate of drug-likeness (QED) is 0.842. The summed E-state index contributed by atoms with van der Waals surface area (Å²) in [6.45, 7) is 4.52. The number of carbonyl (C=O) groups is 1. The number of hydrogen-bond donors (Lipinski definition) is 1. The highest BCUT2D eigenvalue weighted by molar-refractivity contribution is 5.91. The van der Waals surface area contributed by atoms with E-state index in [2.05, 4.69) is 26.6 Å². The summed E-state index contributed by atoms with van der Waals surface area (Å²) in [4.78, 5) is 14.8. The summed E-state index contributed by atoms with van der Waals surface area (Å²) in [5, 5.41) is 11.0. The van der Waals surface area contributed by atoms with Gasteiger partial charge >= 0.3 is 0 Å². The second kappa shape index (κ2) is 8.52. The summed E-state index contributed by atoms with van der Waals surface area (Å²) in [5.41, 5.74) is 1.60. The normalized spacial score (nSPS) is 19.9. The molecule has 27 heavy (non-hydrogen) atoms. The average molecular weight is 369 g/mol. The van der Waals surface area contributed by atoms with Crippen molar-refractivity contribution in [3.63, 3.8) is 0 Å². The van der Waals surface area contributed by atoms with E-state index >= 15 is 0 Å². The van der Waals surface area contributed by atoms with Crippen LogP contribution in [0.3, 0.4) is 0 Å². The number of piperidine rings is 1. The molecular weight excluding hydrogens is 342 g/mol. The average Bonchev–Trinajstić information content (AvgIpc) is 3.20. The molecule has 2 aliphatic rings. The van der Waals surface area contributed by atoms with Crippen LogP contribution in [-0.4, -0.2) is 58.1 Å². The molecule has 1 saturated heterocycles. The number of nitrogens with zero attached hydrogens (tertiary/aromatic N) is 4. The second-order valence-corrected chi connectivity index (χ2v) is 7.37. The first-order chi connectivity index (χ1) is 13.3. The Labute approximate surface area is 159 Å². The Morgan fingerprint density at radius 1 is 1.19 bits per heavy atom. The Balaban J connectivity index is 1.24. The van der Waals surface area contributed by atoms with Crippen molar-refractivity contribution in [3.05, 3.63) is 41.7 Å². The van der Waals surface area contributed by atoms with E-state index in [0.29, 0.717) is 12.2 Å². The van der Waals surface area contributed by atoms with Crippen molar-refractivity contribution in [1.82, 2.24) is 25.2 Å². The van der Waals surface area contributed by atoms with E-state index in [0.717, 1.165) is 44.8 Å². The minimum Gasteiger partial charge on any atom is -0.488 e. The number of aryl methyl sites for hydroxylation is 1. The van der Waals surface area contributed by atoms with Crippen LogP contribution in [0.4, 0.5) is 0 Å². The minimum atomic E-state index is -0.193. The zero-order chi connectivity index (χ0) is 18.5. The molecule has 2 aliphatic heterocycles. The third-order valence-corrected chi connectivity index (χ3v) is 5.36. The number of benzene rings is 1. The van der Waals surface area contributed by atoms with Crippen molar-refractivity contribution in [1.29, 1.82) is 0 Å². The molecule has 1 amide bonds. The minimum absolute atomic E-state index is 0.00186. The Kier molecular flexibility index (Phi) is 5.67. The molecule has 2 aromatic rings. The molecular formula is C20H27N5O2. The van der Waals surface area contributed by atoms with Gasteiger partial charge in [0.05, 0.1) is 19.3 Å². The van der Waals surface area contributed by atoms with Crippen LogP contribution in [0, 0.1) is 0 Å². The molecule has 0 bridgehead atoms. The van der Waals surface area contributed by atoms with Crippen LogP contribution in [-0.2, 0) is 13.0 Å². The first-order valence-corrected chi connectivity index (χ1v) is 9.93. The van der Waals surface area contributed by atoms with E-state index in [1.165, 1.54) is 24.8 Å². The van der Waals surface area contributed by atoms with Gasteiger partial charge < -0.3 is 15.0 Å². The monoisotopic (exact) mass is 369 g/mol. The predicted octanol–water partition coefficient (Wildman–Crippen LogP) is 1.89. The Morgan fingerprint density at radius 3 is 2.93 bits per heavy atom. The van der Waals surface area contributed by atoms with Crippen molar-refractivity contribution < 1.29 is 9.53 Å². The Bertz CT molecular complexity index is 769. The Morgan fingerprint density at radius 2 is 2.04 bits per heavy atom. The standard InChI is InChI=1S/C20H27N5O2/c26-20(21-14-17-9-8-16-6-2-3-7-19(16)27-17)18-15-25(23-22-18)13-12-24-10-4-1-5-11-24/h2-3,6-7,15,17H,1,4-5,8-14H2,(H,21,26)/t17-/m1/s1. The molecule has 1 atom stereocenters. The molecule has 7 nitrogen and oxygen atoms in total. The van der Waals surface area contributed by atoms with Crippen LogP contribution >= 0.6 is 0 Å². The molecule has 0 saturated carbocycles. The number of nitrogens with one attached hydrogen (secondary N) is 1. The number of ether oxygens (including phenoxy) is 1. The van der Waals surface area contributed by atoms with Crippen LogP contribution in [0.5, 0.6) is 5.75 Å². The molecule has 0 spiro atoms. The van der Waals surface area contributed by atoms with Gasteiger partial charge in [0.2, 0.25) is 0 Å². The van der Waals surface area contributed by atoms with Gasteiger partial charge in [-0.25, -0.2) is 0 Å². The number of amides is 1. The highest BCUT2D eigenvalue weighted by Crippen LogP contribution is 2.26. The van der Waals surface area contributed by atoms with Gasteiger partial charge in [0, 0.05) is 6.54 Å². The van der Waals surface area contributed by atoms with Crippen molar-refractivity contribution in [2.24, 2.45) is 0 Å². The largest absolute Gasteiger partial charge is 0.488 e. The maximum atomic E-state index is 12.4. The number of hydrogen-bond acceptors (Lipinski definition) is 5. The molecule has 1 N–H and O–H groups in total. The molecule has 0 aliphatic carbocycles. The van der Waals surface area contributed by atoms with E-state index in [4.69, 9.17) is 4.74 Å². The Hall–Kier alpha value is -2.41. The predicted molar refractivity (Wildman–Crippen MR) is 102 cm³/mol. The van der Waals surface area contributed by atoms with Gasteiger partial charge in [-0.3, -0.25) is 9.48 Å². The lowest BCUT2D eigenvalue weighted by molar-refractivity contribution is 0.0913. The van der Waals surface area contributed by atoms with E-state index in [1.54, 1.807) is 10.9 Å². The van der Waals surface area contributed by atoms with Crippen LogP contribution in [0.25, 0.3) is 0 Å². The number of carbonyl (C=O) groups excluding carboxylic acids is 1. The molecule has 1 fully saturated rings. The summed E-state index contributed by atoms with van der Waals surface area (Å²) in [6.07, 6.45) is 7.50. The molecule has 144 valence electrons. The van der Waals surface area contributed by atoms with Gasteiger partial charge in [0.1, 0.15) is 11.9 Å². The summed E-state index contributed by atoms with van der Waals surface area (Å²) >= 11 is 0. The van der Waals surface area contributed by atoms with Gasteiger partial charge in [0.15, 0.2) is 5.69 Å². The lowest BCUT2D eigenvalue weighted by Gasteiger charge is -2.26. The summed E-state index contributed by atoms with van der Waals surface area (Å²) < 4.78 is 7.73. The van der Waals surface area contributed by atoms with Crippen molar-refractivity contribution >= 4 is 5.91 Å². The molecule has 7 heteroatoms. The third-order valence-electron chi connectivity index (χ3n) is 5.36. The molecule has 4 rings (SSSR count). The highest BCUT2D eigenvalue weighted by Gasteiger charge is 2.21. The first-order valence-electron chi connectivity index (χ1n) is 9.93. The van der Waals surface area contributed by atoms with Crippen LogP contribution in [0.2, 0.25) is 0 Å². The SMILES string of the molecule is O=C(NC[C@H]1CCc2ccccc2O1)c1cn(CCN2CCCCC2)nn1. The van der Waals surface area contributed by atoms with Gasteiger partial charge in [-0.2, -0.15) is 0 Å². The van der Waals surface area contributed by atoms with Crippen LogP contribution in [0.1, 0.15) is 41.7 Å². The fraction of sp³-hybridized carbons (Fsp3) is 0.550. The van der Waals surface area contributed by atoms with Gasteiger partial charge in [-0.1, -0.05) is 29.8 Å². The van der Waals surface area contributed by atoms with E-state index in [1.807, 2.05) is 18.2 Å². The van der Waals surface area contributed by atoms with E-state index in [9.17, 15) is 4.79 Å². The fourth-order valence-electron chi connectivity index (χ4n) is 3.76. The van der Waals surface area contributed by atoms with Gasteiger partial charge in [0.25, 0.3) is 5.91 Å². The number of fused-ring (bicyclic) bond motifs is 1. The van der Waals surface area contributed by atoms with Crippen LogP contribution in [0.15, 0.2) is 30.5 Å². The number of likely N-dealkylation sites (tertiary alicyclic amines) is 1. The zero-order valence-corrected chi connectivity index (χ0v) is 15.6. The highest BCUT2D eigenvalue weighted by atomic mass is 16.5. The molecule has 1 aromatic carbocycles. The topological polar surface area (TPSA) is 72.3 Å². The summed E-state index contributed by atoms with van der Waals surface area (Å²) in [7, 11) is 0. The van der Waals surface area contributed by atoms with E-state index < -0.39 is 0 Å². The van der Waals surface area contributed by atoms with Crippen molar-refractivity contribution in [2.75, 3.05) is 26.2 Å². The van der Waals surface area contributed by atoms with Crippen molar-refractivity contribution in [2.45, 2.75) is 44.8 Å². The number of aromatic nitrogens is 3. The summed E-state index contributed by atoms with van der Waals surface area (Å²) in [5.74, 6) is 0.730. The lowest BCUT2D eigenvalue weighted by Crippen LogP contribution is -2.37. The maximum Gasteiger partial charge on any atom is 0.273 e. The number of rotatable bonds is 6. The van der Waals surface area contributed by atoms with Gasteiger partial charge in [-0.15, -0.1) is 5.10 Å². The fourth-order valence-corrected chi connectivity index (χ4v) is 3.76. The smallest absolute Gasteiger partial charge is 0.273 e. The molecule has 1 aromatic heterocycles. The first kappa shape index (κ1) is 18.0. The molecule has 0 radical (unpaired) electrons. The zero-order valence-electron chi connectivity index (χ0n) is 15.6. The lowest BCUT2D eigenvalue weighted by atomic mass is 10.0. The second-order valence-electron chi connectivity index (χ2n) is 7.37. The number of para-hydroxylation sites is 1. The molecule has 0 unspecified atom stereocenters. The van der Waals surface area contributed by atoms with Crippen LogP contribution < -0.4 is 10.1 Å². The molecule has 3 heterocycles. The third kappa shape index (κ3) is 4.66. The maximum absolute atomic E-state index is 12.4. The van der Waals surface area contributed by atoms with Gasteiger partial charge in [-0.05, 0) is 50.4 Å².